The smallest absolute Gasteiger partial charge is 0.160 e. The molecule has 0 amide bonds. The fourth-order valence-electron chi connectivity index (χ4n) is 2.80. The number of aliphatic hydroxyl groups is 1. The molecule has 0 heterocycles. The van der Waals surface area contributed by atoms with Crippen LogP contribution in [-0.2, 0) is 6.42 Å². The van der Waals surface area contributed by atoms with Gasteiger partial charge in [0, 0.05) is 18.2 Å². The Kier molecular flexibility index (Phi) is 9.27. The van der Waals surface area contributed by atoms with Crippen molar-refractivity contribution in [3.05, 3.63) is 53.6 Å². The van der Waals surface area contributed by atoms with Gasteiger partial charge in [-0.05, 0) is 37.1 Å². The van der Waals surface area contributed by atoms with Crippen LogP contribution < -0.4 is 19.5 Å². The molecular formula is C20H28ClNO4. The van der Waals surface area contributed by atoms with Crippen molar-refractivity contribution in [3.63, 3.8) is 0 Å². The third-order valence-electron chi connectivity index (χ3n) is 4.15. The summed E-state index contributed by atoms with van der Waals surface area (Å²) in [4.78, 5) is 0. The average Bonchev–Trinajstić information content (AvgIpc) is 2.65. The van der Waals surface area contributed by atoms with E-state index in [1.807, 2.05) is 42.5 Å². The first-order valence-electron chi connectivity index (χ1n) is 8.34. The minimum absolute atomic E-state index is 0. The zero-order chi connectivity index (χ0) is 18.2. The van der Waals surface area contributed by atoms with Gasteiger partial charge in [-0.3, -0.25) is 0 Å². The lowest BCUT2D eigenvalue weighted by Gasteiger charge is -2.19. The van der Waals surface area contributed by atoms with Gasteiger partial charge < -0.3 is 24.6 Å². The lowest BCUT2D eigenvalue weighted by Crippen LogP contribution is -2.32. The maximum atomic E-state index is 10.4. The van der Waals surface area contributed by atoms with Gasteiger partial charge >= 0.3 is 0 Å². The Hall–Kier alpha value is -1.95. The summed E-state index contributed by atoms with van der Waals surface area (Å²) in [6.07, 6.45) is 0.197. The molecule has 0 bridgehead atoms. The summed E-state index contributed by atoms with van der Waals surface area (Å²) in [5, 5.41) is 13.8. The third kappa shape index (κ3) is 5.80. The topological polar surface area (TPSA) is 60.0 Å². The monoisotopic (exact) mass is 381 g/mol. The number of aliphatic hydroxyl groups excluding tert-OH is 1. The van der Waals surface area contributed by atoms with E-state index < -0.39 is 6.10 Å². The molecule has 144 valence electrons. The van der Waals surface area contributed by atoms with E-state index in [1.165, 1.54) is 0 Å². The van der Waals surface area contributed by atoms with E-state index in [4.69, 9.17) is 14.2 Å². The normalized spacial score (nSPS) is 12.7. The summed E-state index contributed by atoms with van der Waals surface area (Å²) in [7, 11) is 4.87. The van der Waals surface area contributed by atoms with Gasteiger partial charge in [0.2, 0.25) is 0 Å². The summed E-state index contributed by atoms with van der Waals surface area (Å²) in [6, 6.07) is 13.6. The number of hydrogen-bond donors (Lipinski definition) is 2. The predicted octanol–water partition coefficient (Wildman–Crippen LogP) is 3.39. The molecule has 2 aromatic carbocycles. The highest BCUT2D eigenvalue weighted by molar-refractivity contribution is 5.85. The molecule has 2 unspecified atom stereocenters. The van der Waals surface area contributed by atoms with Crippen molar-refractivity contribution in [3.8, 4) is 17.2 Å². The standard InChI is InChI=1S/C20H27NO4.ClH/c1-14(11-15-9-10-19(24-3)20(12-15)25-4)21-13-17(22)16-7-5-6-8-18(16)23-2;/h5-10,12,14,17,21-22H,11,13H2,1-4H3;1H. The molecule has 0 saturated carbocycles. The van der Waals surface area contributed by atoms with Gasteiger partial charge in [-0.25, -0.2) is 0 Å². The molecule has 0 fully saturated rings. The Morgan fingerprint density at radius 2 is 1.58 bits per heavy atom. The second-order valence-electron chi connectivity index (χ2n) is 5.96. The SMILES string of the molecule is COc1ccc(CC(C)NCC(O)c2ccccc2OC)cc1OC.Cl. The van der Waals surface area contributed by atoms with E-state index >= 15 is 0 Å². The van der Waals surface area contributed by atoms with Gasteiger partial charge in [-0.2, -0.15) is 0 Å². The van der Waals surface area contributed by atoms with Gasteiger partial charge in [-0.1, -0.05) is 24.3 Å². The van der Waals surface area contributed by atoms with Gasteiger partial charge in [0.1, 0.15) is 5.75 Å². The molecule has 0 aromatic heterocycles. The average molecular weight is 382 g/mol. The first-order chi connectivity index (χ1) is 12.1. The molecule has 2 N–H and O–H groups in total. The van der Waals surface area contributed by atoms with E-state index in [2.05, 4.69) is 12.2 Å². The number of nitrogens with one attached hydrogen (secondary N) is 1. The largest absolute Gasteiger partial charge is 0.496 e. The van der Waals surface area contributed by atoms with Crippen LogP contribution in [0.4, 0.5) is 0 Å². The summed E-state index contributed by atoms with van der Waals surface area (Å²) >= 11 is 0. The summed E-state index contributed by atoms with van der Waals surface area (Å²) in [5.41, 5.74) is 1.93. The van der Waals surface area contributed by atoms with Gasteiger partial charge in [-0.15, -0.1) is 12.4 Å². The Bertz CT molecular complexity index is 681. The first-order valence-corrected chi connectivity index (χ1v) is 8.34. The number of para-hydroxylation sites is 1. The van der Waals surface area contributed by atoms with Crippen molar-refractivity contribution in [2.75, 3.05) is 27.9 Å². The van der Waals surface area contributed by atoms with Crippen LogP contribution in [-0.4, -0.2) is 39.0 Å². The number of ether oxygens (including phenoxy) is 3. The van der Waals surface area contributed by atoms with Crippen molar-refractivity contribution in [2.24, 2.45) is 0 Å². The van der Waals surface area contributed by atoms with Crippen LogP contribution in [0.25, 0.3) is 0 Å². The molecule has 2 rings (SSSR count). The second kappa shape index (κ2) is 10.9. The highest BCUT2D eigenvalue weighted by Crippen LogP contribution is 2.28. The zero-order valence-corrected chi connectivity index (χ0v) is 16.5. The summed E-state index contributed by atoms with van der Waals surface area (Å²) < 4.78 is 15.9. The molecule has 26 heavy (non-hydrogen) atoms. The fraction of sp³-hybridized carbons (Fsp3) is 0.400. The molecule has 2 aromatic rings. The molecule has 0 aliphatic rings. The van der Waals surface area contributed by atoms with Crippen molar-refractivity contribution < 1.29 is 19.3 Å². The number of methoxy groups -OCH3 is 3. The fourth-order valence-corrected chi connectivity index (χ4v) is 2.80. The van der Waals surface area contributed by atoms with Crippen molar-refractivity contribution in [2.45, 2.75) is 25.5 Å². The zero-order valence-electron chi connectivity index (χ0n) is 15.7. The number of rotatable bonds is 9. The molecule has 5 nitrogen and oxygen atoms in total. The maximum Gasteiger partial charge on any atom is 0.160 e. The van der Waals surface area contributed by atoms with E-state index in [-0.39, 0.29) is 18.4 Å². The molecule has 0 radical (unpaired) electrons. The second-order valence-corrected chi connectivity index (χ2v) is 5.96. The van der Waals surface area contributed by atoms with Crippen LogP contribution in [0, 0.1) is 0 Å². The van der Waals surface area contributed by atoms with Crippen LogP contribution >= 0.6 is 12.4 Å². The number of hydrogen-bond acceptors (Lipinski definition) is 5. The van der Waals surface area contributed by atoms with Crippen molar-refractivity contribution >= 4 is 12.4 Å². The highest BCUT2D eigenvalue weighted by atomic mass is 35.5. The van der Waals surface area contributed by atoms with Crippen LogP contribution in [0.1, 0.15) is 24.2 Å². The Balaban J connectivity index is 0.00000338. The van der Waals surface area contributed by atoms with Crippen LogP contribution in [0.2, 0.25) is 0 Å². The maximum absolute atomic E-state index is 10.4. The van der Waals surface area contributed by atoms with E-state index in [0.29, 0.717) is 12.3 Å². The predicted molar refractivity (Wildman–Crippen MR) is 106 cm³/mol. The molecule has 0 aliphatic heterocycles. The summed E-state index contributed by atoms with van der Waals surface area (Å²) in [6.45, 7) is 2.54. The van der Waals surface area contributed by atoms with E-state index in [0.717, 1.165) is 29.0 Å². The van der Waals surface area contributed by atoms with Gasteiger partial charge in [0.15, 0.2) is 11.5 Å². The molecule has 6 heteroatoms. The Labute approximate surface area is 161 Å². The van der Waals surface area contributed by atoms with Gasteiger partial charge in [0.25, 0.3) is 0 Å². The van der Waals surface area contributed by atoms with Crippen LogP contribution in [0.3, 0.4) is 0 Å². The Morgan fingerprint density at radius 3 is 2.23 bits per heavy atom. The number of halogens is 1. The molecule has 0 saturated heterocycles. The lowest BCUT2D eigenvalue weighted by atomic mass is 10.0. The van der Waals surface area contributed by atoms with Crippen LogP contribution in [0.15, 0.2) is 42.5 Å². The molecule has 2 atom stereocenters. The van der Waals surface area contributed by atoms with Gasteiger partial charge in [0.05, 0.1) is 27.4 Å². The lowest BCUT2D eigenvalue weighted by molar-refractivity contribution is 0.166. The minimum atomic E-state index is -0.621. The quantitative estimate of drug-likeness (QED) is 0.697. The summed E-state index contributed by atoms with van der Waals surface area (Å²) in [5.74, 6) is 2.14. The van der Waals surface area contributed by atoms with E-state index in [9.17, 15) is 5.11 Å². The molecule has 0 spiro atoms. The molecular weight excluding hydrogens is 354 g/mol. The molecule has 0 aliphatic carbocycles. The first kappa shape index (κ1) is 22.1. The van der Waals surface area contributed by atoms with Crippen LogP contribution in [0.5, 0.6) is 17.2 Å². The number of benzene rings is 2. The van der Waals surface area contributed by atoms with E-state index in [1.54, 1.807) is 21.3 Å². The van der Waals surface area contributed by atoms with Crippen molar-refractivity contribution in [1.29, 1.82) is 0 Å². The Morgan fingerprint density at radius 1 is 0.923 bits per heavy atom. The van der Waals surface area contributed by atoms with Crippen molar-refractivity contribution in [1.82, 2.24) is 5.32 Å². The minimum Gasteiger partial charge on any atom is -0.496 e. The highest BCUT2D eigenvalue weighted by Gasteiger charge is 2.14. The third-order valence-corrected chi connectivity index (χ3v) is 4.15.